The topological polar surface area (TPSA) is 15.3 Å². The van der Waals surface area contributed by atoms with Crippen LogP contribution in [0.5, 0.6) is 0 Å². The maximum Gasteiger partial charge on any atom is 0.00380 e. The lowest BCUT2D eigenvalue weighted by molar-refractivity contribution is 0.0716. The van der Waals surface area contributed by atoms with Crippen molar-refractivity contribution in [1.82, 2.24) is 10.2 Å². The first-order valence-electron chi connectivity index (χ1n) is 7.21. The number of nitrogens with one attached hydrogen (secondary N) is 1. The van der Waals surface area contributed by atoms with E-state index in [9.17, 15) is 0 Å². The van der Waals surface area contributed by atoms with Gasteiger partial charge in [0.05, 0.1) is 0 Å². The minimum absolute atomic E-state index is 0.715. The van der Waals surface area contributed by atoms with Gasteiger partial charge in [0, 0.05) is 13.1 Å². The van der Waals surface area contributed by atoms with Crippen LogP contribution in [-0.4, -0.2) is 37.6 Å². The second-order valence-corrected chi connectivity index (χ2v) is 5.90. The van der Waals surface area contributed by atoms with Gasteiger partial charge in [-0.1, -0.05) is 20.3 Å². The van der Waals surface area contributed by atoms with Gasteiger partial charge in [0.1, 0.15) is 0 Å². The molecule has 16 heavy (non-hydrogen) atoms. The molecule has 2 nitrogen and oxygen atoms in total. The number of nitrogens with zero attached hydrogens (tertiary/aromatic N) is 1. The second-order valence-electron chi connectivity index (χ2n) is 5.90. The zero-order chi connectivity index (χ0) is 11.4. The number of likely N-dealkylation sites (tertiary alicyclic amines) is 1. The Morgan fingerprint density at radius 3 is 2.69 bits per heavy atom. The van der Waals surface area contributed by atoms with E-state index in [0.717, 1.165) is 12.5 Å². The Bertz CT molecular complexity index is 205. The van der Waals surface area contributed by atoms with Crippen LogP contribution in [0, 0.1) is 11.3 Å². The van der Waals surface area contributed by atoms with Crippen molar-refractivity contribution in [3.63, 3.8) is 0 Å². The average molecular weight is 224 g/mol. The van der Waals surface area contributed by atoms with Gasteiger partial charge in [0.2, 0.25) is 0 Å². The Kier molecular flexibility index (Phi) is 4.26. The lowest BCUT2D eigenvalue weighted by Gasteiger charge is -2.44. The van der Waals surface area contributed by atoms with Crippen molar-refractivity contribution in [3.8, 4) is 0 Å². The van der Waals surface area contributed by atoms with Crippen LogP contribution in [0.15, 0.2) is 0 Å². The van der Waals surface area contributed by atoms with Gasteiger partial charge < -0.3 is 10.2 Å². The third-order valence-electron chi connectivity index (χ3n) is 4.78. The van der Waals surface area contributed by atoms with Crippen LogP contribution in [0.2, 0.25) is 0 Å². The molecule has 0 spiro atoms. The van der Waals surface area contributed by atoms with Crippen molar-refractivity contribution in [2.24, 2.45) is 11.3 Å². The number of hydrogen-bond acceptors (Lipinski definition) is 2. The lowest BCUT2D eigenvalue weighted by Crippen LogP contribution is -2.41. The zero-order valence-electron chi connectivity index (χ0n) is 11.1. The summed E-state index contributed by atoms with van der Waals surface area (Å²) in [4.78, 5) is 2.73. The summed E-state index contributed by atoms with van der Waals surface area (Å²) in [6.45, 7) is 11.0. The van der Waals surface area contributed by atoms with Crippen molar-refractivity contribution in [1.29, 1.82) is 0 Å². The Labute approximate surface area is 101 Å². The molecule has 0 aromatic carbocycles. The van der Waals surface area contributed by atoms with Gasteiger partial charge in [0.25, 0.3) is 0 Å². The molecule has 0 amide bonds. The van der Waals surface area contributed by atoms with Crippen molar-refractivity contribution >= 4 is 0 Å². The quantitative estimate of drug-likeness (QED) is 0.746. The van der Waals surface area contributed by atoms with Gasteiger partial charge in [0.15, 0.2) is 0 Å². The van der Waals surface area contributed by atoms with Crippen LogP contribution in [-0.2, 0) is 0 Å². The fraction of sp³-hybridized carbons (Fsp3) is 1.00. The minimum atomic E-state index is 0.715. The van der Waals surface area contributed by atoms with Crippen LogP contribution < -0.4 is 5.32 Å². The predicted molar refractivity (Wildman–Crippen MR) is 69.7 cm³/mol. The highest BCUT2D eigenvalue weighted by Crippen LogP contribution is 2.44. The minimum Gasteiger partial charge on any atom is -0.317 e. The third kappa shape index (κ3) is 2.78. The summed E-state index contributed by atoms with van der Waals surface area (Å²) in [5, 5.41) is 3.49. The van der Waals surface area contributed by atoms with Crippen LogP contribution in [0.25, 0.3) is 0 Å². The molecule has 0 aromatic heterocycles. The number of rotatable bonds is 6. The maximum absolute atomic E-state index is 3.49. The number of hydrogen-bond donors (Lipinski definition) is 1. The molecule has 1 atom stereocenters. The summed E-state index contributed by atoms with van der Waals surface area (Å²) >= 11 is 0. The van der Waals surface area contributed by atoms with E-state index in [2.05, 4.69) is 24.1 Å². The molecule has 1 saturated heterocycles. The summed E-state index contributed by atoms with van der Waals surface area (Å²) in [5.41, 5.74) is 0.715. The Morgan fingerprint density at radius 1 is 1.31 bits per heavy atom. The van der Waals surface area contributed by atoms with Crippen LogP contribution in [0.4, 0.5) is 0 Å². The SMILES string of the molecule is CCNCC1CCN(CC2(CC)CCC2)C1. The molecule has 94 valence electrons. The van der Waals surface area contributed by atoms with Gasteiger partial charge in [-0.3, -0.25) is 0 Å². The normalized spacial score (nSPS) is 29.2. The van der Waals surface area contributed by atoms with E-state index in [1.54, 1.807) is 0 Å². The summed E-state index contributed by atoms with van der Waals surface area (Å²) in [5.74, 6) is 0.911. The molecule has 0 aromatic rings. The van der Waals surface area contributed by atoms with E-state index < -0.39 is 0 Å². The van der Waals surface area contributed by atoms with E-state index in [4.69, 9.17) is 0 Å². The molecule has 2 fully saturated rings. The van der Waals surface area contributed by atoms with E-state index in [0.29, 0.717) is 5.41 Å². The van der Waals surface area contributed by atoms with Gasteiger partial charge in [-0.2, -0.15) is 0 Å². The third-order valence-corrected chi connectivity index (χ3v) is 4.78. The molecule has 1 saturated carbocycles. The van der Waals surface area contributed by atoms with Crippen molar-refractivity contribution in [2.45, 2.75) is 46.0 Å². The van der Waals surface area contributed by atoms with Crippen molar-refractivity contribution < 1.29 is 0 Å². The van der Waals surface area contributed by atoms with Gasteiger partial charge >= 0.3 is 0 Å². The first-order valence-corrected chi connectivity index (χ1v) is 7.21. The highest BCUT2D eigenvalue weighted by molar-refractivity contribution is 4.91. The molecular weight excluding hydrogens is 196 g/mol. The molecule has 1 unspecified atom stereocenters. The van der Waals surface area contributed by atoms with Gasteiger partial charge in [-0.05, 0) is 56.7 Å². The molecule has 0 radical (unpaired) electrons. The molecule has 2 rings (SSSR count). The Hall–Kier alpha value is -0.0800. The summed E-state index contributed by atoms with van der Waals surface area (Å²) in [7, 11) is 0. The van der Waals surface area contributed by atoms with E-state index in [1.807, 2.05) is 0 Å². The largest absolute Gasteiger partial charge is 0.317 e. The predicted octanol–water partition coefficient (Wildman–Crippen LogP) is 2.50. The van der Waals surface area contributed by atoms with E-state index in [1.165, 1.54) is 58.3 Å². The molecule has 0 bridgehead atoms. The van der Waals surface area contributed by atoms with Crippen LogP contribution in [0.3, 0.4) is 0 Å². The highest BCUT2D eigenvalue weighted by atomic mass is 15.2. The lowest BCUT2D eigenvalue weighted by atomic mass is 9.67. The zero-order valence-corrected chi connectivity index (χ0v) is 11.1. The second kappa shape index (κ2) is 5.50. The Balaban J connectivity index is 1.72. The molecule has 2 aliphatic rings. The Morgan fingerprint density at radius 2 is 2.12 bits per heavy atom. The summed E-state index contributed by atoms with van der Waals surface area (Å²) in [6.07, 6.45) is 7.24. The van der Waals surface area contributed by atoms with Crippen molar-refractivity contribution in [2.75, 3.05) is 32.7 Å². The molecule has 2 heteroatoms. The first-order chi connectivity index (χ1) is 7.78. The molecule has 1 heterocycles. The summed E-state index contributed by atoms with van der Waals surface area (Å²) < 4.78 is 0. The van der Waals surface area contributed by atoms with Crippen molar-refractivity contribution in [3.05, 3.63) is 0 Å². The highest BCUT2D eigenvalue weighted by Gasteiger charge is 2.38. The van der Waals surface area contributed by atoms with Gasteiger partial charge in [-0.15, -0.1) is 0 Å². The molecular formula is C14H28N2. The van der Waals surface area contributed by atoms with Crippen LogP contribution in [0.1, 0.15) is 46.0 Å². The molecule has 1 aliphatic carbocycles. The monoisotopic (exact) mass is 224 g/mol. The maximum atomic E-state index is 3.49. The molecule has 1 N–H and O–H groups in total. The van der Waals surface area contributed by atoms with E-state index in [-0.39, 0.29) is 0 Å². The van der Waals surface area contributed by atoms with E-state index >= 15 is 0 Å². The summed E-state index contributed by atoms with van der Waals surface area (Å²) in [6, 6.07) is 0. The van der Waals surface area contributed by atoms with Gasteiger partial charge in [-0.25, -0.2) is 0 Å². The standard InChI is InChI=1S/C14H28N2/c1-3-14(7-5-8-14)12-16-9-6-13(11-16)10-15-4-2/h13,15H,3-12H2,1-2H3. The average Bonchev–Trinajstić information content (AvgIpc) is 2.68. The first kappa shape index (κ1) is 12.4. The fourth-order valence-corrected chi connectivity index (χ4v) is 3.35. The molecule has 1 aliphatic heterocycles. The van der Waals surface area contributed by atoms with Crippen LogP contribution >= 0.6 is 0 Å². The fourth-order valence-electron chi connectivity index (χ4n) is 3.35. The smallest absolute Gasteiger partial charge is 0.00380 e.